The van der Waals surface area contributed by atoms with Crippen LogP contribution in [0.3, 0.4) is 0 Å². The molecule has 0 radical (unpaired) electrons. The van der Waals surface area contributed by atoms with Crippen molar-refractivity contribution < 1.29 is 4.39 Å². The predicted octanol–water partition coefficient (Wildman–Crippen LogP) is 5.45. The van der Waals surface area contributed by atoms with E-state index in [9.17, 15) is 4.39 Å². The molecule has 1 atom stereocenters. The van der Waals surface area contributed by atoms with Crippen molar-refractivity contribution in [2.24, 2.45) is 17.6 Å². The molecule has 0 bridgehead atoms. The maximum Gasteiger partial charge on any atom is 0.137 e. The molecule has 118 valence electrons. The van der Waals surface area contributed by atoms with Gasteiger partial charge in [0.25, 0.3) is 0 Å². The van der Waals surface area contributed by atoms with Crippen LogP contribution in [0.5, 0.6) is 0 Å². The Morgan fingerprint density at radius 2 is 2.00 bits per heavy atom. The molecule has 0 aliphatic heterocycles. The molecule has 0 saturated heterocycles. The van der Waals surface area contributed by atoms with Crippen molar-refractivity contribution in [2.75, 3.05) is 0 Å². The van der Waals surface area contributed by atoms with Crippen LogP contribution in [0.15, 0.2) is 22.7 Å². The van der Waals surface area contributed by atoms with Gasteiger partial charge in [0.15, 0.2) is 0 Å². The molecule has 3 heteroatoms. The van der Waals surface area contributed by atoms with Crippen LogP contribution < -0.4 is 5.73 Å². The summed E-state index contributed by atoms with van der Waals surface area (Å²) in [7, 11) is 0. The van der Waals surface area contributed by atoms with Crippen molar-refractivity contribution in [3.63, 3.8) is 0 Å². The summed E-state index contributed by atoms with van der Waals surface area (Å²) in [4.78, 5) is 0. The van der Waals surface area contributed by atoms with Crippen molar-refractivity contribution in [1.29, 1.82) is 0 Å². The third-order valence-corrected chi connectivity index (χ3v) is 5.53. The first-order chi connectivity index (χ1) is 10.1. The quantitative estimate of drug-likeness (QED) is 0.720. The predicted molar refractivity (Wildman–Crippen MR) is 90.8 cm³/mol. The summed E-state index contributed by atoms with van der Waals surface area (Å²) in [6.45, 7) is 2.27. The van der Waals surface area contributed by atoms with Crippen molar-refractivity contribution in [2.45, 2.75) is 64.3 Å². The van der Waals surface area contributed by atoms with Crippen molar-refractivity contribution >= 4 is 15.9 Å². The summed E-state index contributed by atoms with van der Waals surface area (Å²) < 4.78 is 13.8. The Bertz CT molecular complexity index is 441. The molecule has 1 fully saturated rings. The summed E-state index contributed by atoms with van der Waals surface area (Å²) in [5.41, 5.74) is 7.53. The third kappa shape index (κ3) is 5.07. The molecular weight excluding hydrogens is 329 g/mol. The highest BCUT2D eigenvalue weighted by atomic mass is 79.9. The first-order valence-electron chi connectivity index (χ1n) is 8.29. The number of rotatable bonds is 6. The van der Waals surface area contributed by atoms with Gasteiger partial charge < -0.3 is 5.73 Å². The van der Waals surface area contributed by atoms with Crippen molar-refractivity contribution in [1.82, 2.24) is 0 Å². The van der Waals surface area contributed by atoms with Gasteiger partial charge in [-0.1, -0.05) is 45.1 Å². The van der Waals surface area contributed by atoms with Gasteiger partial charge in [0.05, 0.1) is 4.47 Å². The van der Waals surface area contributed by atoms with Crippen LogP contribution in [-0.4, -0.2) is 6.04 Å². The van der Waals surface area contributed by atoms with E-state index in [0.29, 0.717) is 10.4 Å². The molecule has 1 aliphatic rings. The summed E-state index contributed by atoms with van der Waals surface area (Å²) in [5, 5.41) is 0. The number of nitrogens with two attached hydrogens (primary N) is 1. The standard InChI is InChI=1S/C18H27BrFN/c1-2-3-4-13-5-8-15(9-6-13)18(21)12-14-7-10-17(20)16(19)11-14/h7,10-11,13,15,18H,2-6,8-9,12,21H2,1H3. The maximum atomic E-state index is 13.3. The zero-order valence-electron chi connectivity index (χ0n) is 13.0. The van der Waals surface area contributed by atoms with Gasteiger partial charge in [-0.15, -0.1) is 0 Å². The van der Waals surface area contributed by atoms with E-state index < -0.39 is 0 Å². The monoisotopic (exact) mass is 355 g/mol. The number of unbranched alkanes of at least 4 members (excludes halogenated alkanes) is 1. The zero-order valence-corrected chi connectivity index (χ0v) is 14.5. The lowest BCUT2D eigenvalue weighted by Crippen LogP contribution is -2.35. The van der Waals surface area contributed by atoms with Gasteiger partial charge in [-0.05, 0) is 64.7 Å². The molecule has 21 heavy (non-hydrogen) atoms. The molecule has 2 N–H and O–H groups in total. The lowest BCUT2D eigenvalue weighted by Gasteiger charge is -2.32. The van der Waals surface area contributed by atoms with Crippen LogP contribution >= 0.6 is 15.9 Å². The van der Waals surface area contributed by atoms with Crippen LogP contribution in [0.1, 0.15) is 57.4 Å². The molecule has 1 aromatic carbocycles. The SMILES string of the molecule is CCCCC1CCC(C(N)Cc2ccc(F)c(Br)c2)CC1. The lowest BCUT2D eigenvalue weighted by atomic mass is 9.76. The van der Waals surface area contributed by atoms with Crippen LogP contribution in [-0.2, 0) is 6.42 Å². The van der Waals surface area contributed by atoms with Gasteiger partial charge in [-0.2, -0.15) is 0 Å². The minimum atomic E-state index is -0.205. The minimum absolute atomic E-state index is 0.203. The van der Waals surface area contributed by atoms with Gasteiger partial charge in [0.1, 0.15) is 5.82 Å². The number of hydrogen-bond acceptors (Lipinski definition) is 1. The van der Waals surface area contributed by atoms with Gasteiger partial charge in [-0.3, -0.25) is 0 Å². The Kier molecular flexibility index (Phi) is 6.69. The molecule has 2 rings (SSSR count). The lowest BCUT2D eigenvalue weighted by molar-refractivity contribution is 0.231. The Morgan fingerprint density at radius 1 is 1.29 bits per heavy atom. The van der Waals surface area contributed by atoms with E-state index >= 15 is 0 Å². The molecule has 0 amide bonds. The fourth-order valence-corrected chi connectivity index (χ4v) is 3.93. The van der Waals surface area contributed by atoms with E-state index in [4.69, 9.17) is 5.73 Å². The molecule has 1 aromatic rings. The molecule has 0 aromatic heterocycles. The van der Waals surface area contributed by atoms with Crippen LogP contribution in [0.4, 0.5) is 4.39 Å². The second kappa shape index (κ2) is 8.28. The van der Waals surface area contributed by atoms with Crippen molar-refractivity contribution in [3.8, 4) is 0 Å². The van der Waals surface area contributed by atoms with Gasteiger partial charge in [0, 0.05) is 6.04 Å². The minimum Gasteiger partial charge on any atom is -0.327 e. The van der Waals surface area contributed by atoms with E-state index in [1.54, 1.807) is 0 Å². The molecular formula is C18H27BrFN. The summed E-state index contributed by atoms with van der Waals surface area (Å²) in [5.74, 6) is 1.35. The van der Waals surface area contributed by atoms with Crippen LogP contribution in [0.2, 0.25) is 0 Å². The first-order valence-corrected chi connectivity index (χ1v) is 9.09. The maximum absolute atomic E-state index is 13.3. The van der Waals surface area contributed by atoms with Gasteiger partial charge in [0.2, 0.25) is 0 Å². The van der Waals surface area contributed by atoms with E-state index in [1.165, 1.54) is 51.0 Å². The van der Waals surface area contributed by atoms with Gasteiger partial charge in [-0.25, -0.2) is 4.39 Å². The highest BCUT2D eigenvalue weighted by Gasteiger charge is 2.25. The van der Waals surface area contributed by atoms with E-state index in [1.807, 2.05) is 12.1 Å². The first kappa shape index (κ1) is 17.0. The fourth-order valence-electron chi connectivity index (χ4n) is 3.50. The largest absolute Gasteiger partial charge is 0.327 e. The topological polar surface area (TPSA) is 26.0 Å². The summed E-state index contributed by atoms with van der Waals surface area (Å²) >= 11 is 3.25. The highest BCUT2D eigenvalue weighted by Crippen LogP contribution is 2.34. The average molecular weight is 356 g/mol. The van der Waals surface area contributed by atoms with E-state index in [-0.39, 0.29) is 11.9 Å². The number of hydrogen-bond donors (Lipinski definition) is 1. The Hall–Kier alpha value is -0.410. The molecule has 0 spiro atoms. The fraction of sp³-hybridized carbons (Fsp3) is 0.667. The second-order valence-corrected chi connectivity index (χ2v) is 7.39. The summed E-state index contributed by atoms with van der Waals surface area (Å²) in [6, 6.07) is 5.44. The van der Waals surface area contributed by atoms with Crippen LogP contribution in [0.25, 0.3) is 0 Å². The highest BCUT2D eigenvalue weighted by molar-refractivity contribution is 9.10. The van der Waals surface area contributed by atoms with Crippen molar-refractivity contribution in [3.05, 3.63) is 34.1 Å². The number of benzene rings is 1. The third-order valence-electron chi connectivity index (χ3n) is 4.92. The second-order valence-electron chi connectivity index (χ2n) is 6.54. The average Bonchev–Trinajstić information content (AvgIpc) is 2.49. The Labute approximate surface area is 136 Å². The molecule has 1 unspecified atom stereocenters. The molecule has 1 nitrogen and oxygen atoms in total. The smallest absolute Gasteiger partial charge is 0.137 e. The zero-order chi connectivity index (χ0) is 15.2. The van der Waals surface area contributed by atoms with Gasteiger partial charge >= 0.3 is 0 Å². The normalized spacial score (nSPS) is 24.0. The van der Waals surface area contributed by atoms with E-state index in [0.717, 1.165) is 17.9 Å². The molecule has 0 heterocycles. The van der Waals surface area contributed by atoms with E-state index in [2.05, 4.69) is 22.9 Å². The summed E-state index contributed by atoms with van der Waals surface area (Å²) in [6.07, 6.45) is 10.1. The Balaban J connectivity index is 1.81. The Morgan fingerprint density at radius 3 is 2.62 bits per heavy atom. The molecule has 1 aliphatic carbocycles. The molecule has 1 saturated carbocycles. The van der Waals surface area contributed by atoms with Crippen LogP contribution in [0, 0.1) is 17.7 Å². The number of halogens is 2.